The van der Waals surface area contributed by atoms with E-state index in [0.29, 0.717) is 11.6 Å². The summed E-state index contributed by atoms with van der Waals surface area (Å²) >= 11 is 3.40. The van der Waals surface area contributed by atoms with Crippen LogP contribution >= 0.6 is 15.9 Å². The number of nitrogens with zero attached hydrogens (tertiary/aromatic N) is 2. The van der Waals surface area contributed by atoms with Crippen LogP contribution in [0.15, 0.2) is 45.5 Å². The number of nitrogen functional groups attached to an aromatic ring is 1. The number of anilines is 1. The highest BCUT2D eigenvalue weighted by molar-refractivity contribution is 9.10. The van der Waals surface area contributed by atoms with Crippen molar-refractivity contribution < 1.29 is 4.52 Å². The van der Waals surface area contributed by atoms with Crippen molar-refractivity contribution in [2.24, 2.45) is 0 Å². The summed E-state index contributed by atoms with van der Waals surface area (Å²) in [5.74, 6) is 0.953. The first-order valence-electron chi connectivity index (χ1n) is 5.26. The van der Waals surface area contributed by atoms with Crippen LogP contribution in [0.1, 0.15) is 0 Å². The molecule has 0 radical (unpaired) electrons. The number of nitrogens with one attached hydrogen (secondary N) is 1. The van der Waals surface area contributed by atoms with Gasteiger partial charge in [-0.1, -0.05) is 33.2 Å². The highest BCUT2D eigenvalue weighted by Gasteiger charge is 2.18. The molecule has 3 aromatic rings. The topological polar surface area (TPSA) is 80.7 Å². The molecule has 0 aliphatic rings. The summed E-state index contributed by atoms with van der Waals surface area (Å²) in [5, 5.41) is 10.5. The molecule has 0 spiro atoms. The van der Waals surface area contributed by atoms with Crippen LogP contribution < -0.4 is 5.73 Å². The molecule has 0 aliphatic heterocycles. The number of hydrogen-bond donors (Lipinski definition) is 2. The van der Waals surface area contributed by atoms with Gasteiger partial charge in [-0.05, 0) is 23.8 Å². The van der Waals surface area contributed by atoms with Gasteiger partial charge in [-0.2, -0.15) is 5.10 Å². The van der Waals surface area contributed by atoms with Crippen LogP contribution in [0.3, 0.4) is 0 Å². The maximum absolute atomic E-state index is 5.87. The van der Waals surface area contributed by atoms with Gasteiger partial charge in [0.1, 0.15) is 5.69 Å². The summed E-state index contributed by atoms with van der Waals surface area (Å²) in [4.78, 5) is 0. The van der Waals surface area contributed by atoms with Gasteiger partial charge in [-0.3, -0.25) is 5.10 Å². The van der Waals surface area contributed by atoms with E-state index in [1.165, 1.54) is 0 Å². The van der Waals surface area contributed by atoms with Gasteiger partial charge in [-0.25, -0.2) is 0 Å². The van der Waals surface area contributed by atoms with E-state index >= 15 is 0 Å². The summed E-state index contributed by atoms with van der Waals surface area (Å²) in [6.07, 6.45) is 1.65. The Balaban J connectivity index is 2.17. The second-order valence-corrected chi connectivity index (χ2v) is 4.66. The van der Waals surface area contributed by atoms with Crippen molar-refractivity contribution in [3.8, 4) is 22.6 Å². The lowest BCUT2D eigenvalue weighted by Crippen LogP contribution is -1.88. The zero-order valence-corrected chi connectivity index (χ0v) is 10.8. The maximum Gasteiger partial charge on any atom is 0.194 e. The third kappa shape index (κ3) is 1.80. The van der Waals surface area contributed by atoms with Crippen molar-refractivity contribution in [2.45, 2.75) is 0 Å². The van der Waals surface area contributed by atoms with E-state index in [4.69, 9.17) is 10.3 Å². The quantitative estimate of drug-likeness (QED) is 0.762. The fourth-order valence-electron chi connectivity index (χ4n) is 1.76. The molecule has 90 valence electrons. The van der Waals surface area contributed by atoms with Gasteiger partial charge < -0.3 is 10.3 Å². The fraction of sp³-hybridized carbons (Fsp3) is 0. The highest BCUT2D eigenvalue weighted by Crippen LogP contribution is 2.35. The third-order valence-electron chi connectivity index (χ3n) is 2.60. The maximum atomic E-state index is 5.87. The fourth-order valence-corrected chi connectivity index (χ4v) is 2.03. The zero-order valence-electron chi connectivity index (χ0n) is 9.22. The van der Waals surface area contributed by atoms with E-state index in [1.54, 1.807) is 6.20 Å². The molecule has 3 N–H and O–H groups in total. The number of aromatic amines is 1. The minimum atomic E-state index is 0.363. The lowest BCUT2D eigenvalue weighted by Gasteiger charge is -2.01. The molecule has 2 aromatic heterocycles. The first-order valence-corrected chi connectivity index (χ1v) is 6.06. The van der Waals surface area contributed by atoms with Gasteiger partial charge in [-0.15, -0.1) is 0 Å². The highest BCUT2D eigenvalue weighted by atomic mass is 79.9. The molecule has 0 bridgehead atoms. The molecule has 18 heavy (non-hydrogen) atoms. The Morgan fingerprint density at radius 2 is 1.94 bits per heavy atom. The van der Waals surface area contributed by atoms with Crippen molar-refractivity contribution in [3.05, 3.63) is 41.0 Å². The molecule has 0 saturated carbocycles. The van der Waals surface area contributed by atoms with E-state index in [9.17, 15) is 0 Å². The van der Waals surface area contributed by atoms with Gasteiger partial charge in [0, 0.05) is 10.7 Å². The second kappa shape index (κ2) is 4.30. The molecular formula is C12H9BrN4O. The van der Waals surface area contributed by atoms with Gasteiger partial charge in [0.25, 0.3) is 0 Å². The number of rotatable bonds is 2. The Hall–Kier alpha value is -2.08. The molecule has 0 amide bonds. The average molecular weight is 305 g/mol. The van der Waals surface area contributed by atoms with Crippen LogP contribution in [0.2, 0.25) is 0 Å². The van der Waals surface area contributed by atoms with Crippen molar-refractivity contribution >= 4 is 21.7 Å². The van der Waals surface area contributed by atoms with Crippen LogP contribution in [0.5, 0.6) is 0 Å². The first kappa shape index (κ1) is 11.0. The SMILES string of the molecule is Nc1noc(-c2ccn[nH]2)c1-c1ccc(Br)cc1. The summed E-state index contributed by atoms with van der Waals surface area (Å²) in [6.45, 7) is 0. The van der Waals surface area contributed by atoms with Crippen molar-refractivity contribution in [1.82, 2.24) is 15.4 Å². The lowest BCUT2D eigenvalue weighted by molar-refractivity contribution is 0.434. The minimum Gasteiger partial charge on any atom is -0.380 e. The van der Waals surface area contributed by atoms with Crippen LogP contribution in [0, 0.1) is 0 Å². The van der Waals surface area contributed by atoms with Crippen molar-refractivity contribution in [3.63, 3.8) is 0 Å². The first-order chi connectivity index (χ1) is 8.75. The van der Waals surface area contributed by atoms with E-state index in [2.05, 4.69) is 31.3 Å². The average Bonchev–Trinajstić information content (AvgIpc) is 2.99. The molecular weight excluding hydrogens is 296 g/mol. The van der Waals surface area contributed by atoms with Gasteiger partial charge in [0.05, 0.1) is 5.56 Å². The Morgan fingerprint density at radius 1 is 1.17 bits per heavy atom. The Bertz CT molecular complexity index is 658. The molecule has 0 unspecified atom stereocenters. The standard InChI is InChI=1S/C12H9BrN4O/c13-8-3-1-7(2-4-8)10-11(18-17-12(10)14)9-5-6-15-16-9/h1-6H,(H2,14,17)(H,15,16). The number of hydrogen-bond acceptors (Lipinski definition) is 4. The predicted molar refractivity (Wildman–Crippen MR) is 71.6 cm³/mol. The smallest absolute Gasteiger partial charge is 0.194 e. The number of benzene rings is 1. The van der Waals surface area contributed by atoms with Gasteiger partial charge >= 0.3 is 0 Å². The molecule has 0 saturated heterocycles. The van der Waals surface area contributed by atoms with Crippen LogP contribution in [-0.2, 0) is 0 Å². The number of H-pyrrole nitrogens is 1. The van der Waals surface area contributed by atoms with E-state index < -0.39 is 0 Å². The Morgan fingerprint density at radius 3 is 2.61 bits per heavy atom. The Labute approximate surface area is 111 Å². The molecule has 6 heteroatoms. The van der Waals surface area contributed by atoms with Crippen LogP contribution in [0.25, 0.3) is 22.6 Å². The number of aromatic nitrogens is 3. The summed E-state index contributed by atoms with van der Waals surface area (Å²) in [7, 11) is 0. The van der Waals surface area contributed by atoms with E-state index in [1.807, 2.05) is 30.3 Å². The largest absolute Gasteiger partial charge is 0.380 e. The van der Waals surface area contributed by atoms with E-state index in [-0.39, 0.29) is 0 Å². The molecule has 5 nitrogen and oxygen atoms in total. The summed E-state index contributed by atoms with van der Waals surface area (Å²) in [6, 6.07) is 9.60. The van der Waals surface area contributed by atoms with Gasteiger partial charge in [0.2, 0.25) is 0 Å². The summed E-state index contributed by atoms with van der Waals surface area (Å²) in [5.41, 5.74) is 8.33. The predicted octanol–water partition coefficient (Wildman–Crippen LogP) is 3.08. The number of halogens is 1. The molecule has 0 fully saturated rings. The molecule has 1 aromatic carbocycles. The van der Waals surface area contributed by atoms with Crippen molar-refractivity contribution in [2.75, 3.05) is 5.73 Å². The molecule has 3 rings (SSSR count). The third-order valence-corrected chi connectivity index (χ3v) is 3.13. The normalized spacial score (nSPS) is 10.7. The Kier molecular flexibility index (Phi) is 2.64. The monoisotopic (exact) mass is 304 g/mol. The van der Waals surface area contributed by atoms with Gasteiger partial charge in [0.15, 0.2) is 11.6 Å². The van der Waals surface area contributed by atoms with Crippen LogP contribution in [-0.4, -0.2) is 15.4 Å². The zero-order chi connectivity index (χ0) is 12.5. The summed E-state index contributed by atoms with van der Waals surface area (Å²) < 4.78 is 6.27. The number of nitrogens with two attached hydrogens (primary N) is 1. The molecule has 0 aliphatic carbocycles. The molecule has 0 atom stereocenters. The minimum absolute atomic E-state index is 0.363. The van der Waals surface area contributed by atoms with Crippen LogP contribution in [0.4, 0.5) is 5.82 Å². The van der Waals surface area contributed by atoms with Crippen molar-refractivity contribution in [1.29, 1.82) is 0 Å². The molecule has 2 heterocycles. The lowest BCUT2D eigenvalue weighted by atomic mass is 10.0. The second-order valence-electron chi connectivity index (χ2n) is 3.75. The van der Waals surface area contributed by atoms with E-state index in [0.717, 1.165) is 21.3 Å².